The first kappa shape index (κ1) is 15.8. The molecule has 0 bridgehead atoms. The maximum absolute atomic E-state index is 11.3. The molecule has 0 aliphatic carbocycles. The van der Waals surface area contributed by atoms with Crippen molar-refractivity contribution in [3.8, 4) is 0 Å². The fourth-order valence-electron chi connectivity index (χ4n) is 2.57. The molecular weight excluding hydrogens is 268 g/mol. The van der Waals surface area contributed by atoms with E-state index in [4.69, 9.17) is 0 Å². The molecule has 5 heteroatoms. The Balaban J connectivity index is 2.35. The number of aromatic carboxylic acids is 1. The summed E-state index contributed by atoms with van der Waals surface area (Å²) in [5.41, 5.74) is 0.840. The van der Waals surface area contributed by atoms with Crippen molar-refractivity contribution in [1.82, 2.24) is 4.98 Å². The lowest BCUT2D eigenvalue weighted by atomic mass is 9.90. The zero-order valence-corrected chi connectivity index (χ0v) is 13.1. The molecule has 0 aromatic carbocycles. The fraction of sp³-hybridized carbons (Fsp3) is 0.625. The van der Waals surface area contributed by atoms with E-state index in [0.29, 0.717) is 5.82 Å². The molecule has 1 aromatic heterocycles. The van der Waals surface area contributed by atoms with Crippen molar-refractivity contribution in [1.29, 1.82) is 0 Å². The Morgan fingerprint density at radius 1 is 1.43 bits per heavy atom. The lowest BCUT2D eigenvalue weighted by Gasteiger charge is -2.24. The summed E-state index contributed by atoms with van der Waals surface area (Å²) >= 11 is 0. The smallest absolute Gasteiger partial charge is 0.335 e. The summed E-state index contributed by atoms with van der Waals surface area (Å²) in [5.74, 6) is -0.0169. The molecule has 2 rings (SSSR count). The van der Waals surface area contributed by atoms with Crippen molar-refractivity contribution >= 4 is 11.8 Å². The second-order valence-corrected chi connectivity index (χ2v) is 6.89. The summed E-state index contributed by atoms with van der Waals surface area (Å²) in [6.07, 6.45) is 0.557. The van der Waals surface area contributed by atoms with Gasteiger partial charge in [-0.1, -0.05) is 20.8 Å². The molecule has 0 radical (unpaired) electrons. The van der Waals surface area contributed by atoms with Gasteiger partial charge < -0.3 is 15.1 Å². The van der Waals surface area contributed by atoms with Crippen LogP contribution >= 0.6 is 0 Å². The van der Waals surface area contributed by atoms with Crippen LogP contribution in [0.25, 0.3) is 0 Å². The number of aliphatic hydroxyl groups excluding tert-OH is 1. The highest BCUT2D eigenvalue weighted by molar-refractivity contribution is 5.88. The van der Waals surface area contributed by atoms with Gasteiger partial charge in [0, 0.05) is 30.1 Å². The second kappa shape index (κ2) is 5.64. The van der Waals surface area contributed by atoms with Gasteiger partial charge in [0.05, 0.1) is 11.7 Å². The monoisotopic (exact) mass is 292 g/mol. The molecule has 2 N–H and O–H groups in total. The Morgan fingerprint density at radius 3 is 2.57 bits per heavy atom. The number of hydrogen-bond donors (Lipinski definition) is 2. The van der Waals surface area contributed by atoms with Crippen LogP contribution < -0.4 is 4.90 Å². The summed E-state index contributed by atoms with van der Waals surface area (Å²) < 4.78 is 0. The zero-order chi connectivity index (χ0) is 15.8. The van der Waals surface area contributed by atoms with Gasteiger partial charge in [-0.05, 0) is 25.5 Å². The van der Waals surface area contributed by atoms with Gasteiger partial charge in [0.25, 0.3) is 0 Å². The standard InChI is InChI=1S/C16H24N2O3/c1-10(19)11-5-6-18(9-11)14-8-12(15(20)21)7-13(17-14)16(2,3)4/h7-8,10-11,19H,5-6,9H2,1-4H3,(H,20,21). The Bertz CT molecular complexity index is 535. The highest BCUT2D eigenvalue weighted by Crippen LogP contribution is 2.29. The number of rotatable bonds is 3. The SMILES string of the molecule is CC(O)C1CCN(c2cc(C(=O)O)cc(C(C)(C)C)n2)C1. The van der Waals surface area contributed by atoms with Crippen LogP contribution in [0.4, 0.5) is 5.82 Å². The normalized spacial score (nSPS) is 20.6. The molecule has 116 valence electrons. The van der Waals surface area contributed by atoms with E-state index >= 15 is 0 Å². The van der Waals surface area contributed by atoms with E-state index in [1.54, 1.807) is 19.1 Å². The van der Waals surface area contributed by atoms with Crippen molar-refractivity contribution in [3.63, 3.8) is 0 Å². The van der Waals surface area contributed by atoms with E-state index in [0.717, 1.165) is 25.2 Å². The Labute approximate surface area is 125 Å². The minimum atomic E-state index is -0.935. The molecule has 1 aliphatic heterocycles. The first-order valence-corrected chi connectivity index (χ1v) is 7.37. The average molecular weight is 292 g/mol. The van der Waals surface area contributed by atoms with Gasteiger partial charge in [-0.3, -0.25) is 0 Å². The van der Waals surface area contributed by atoms with Crippen molar-refractivity contribution in [3.05, 3.63) is 23.4 Å². The van der Waals surface area contributed by atoms with Crippen LogP contribution in [0.3, 0.4) is 0 Å². The van der Waals surface area contributed by atoms with E-state index in [9.17, 15) is 15.0 Å². The van der Waals surface area contributed by atoms with Crippen LogP contribution in [0.15, 0.2) is 12.1 Å². The van der Waals surface area contributed by atoms with Crippen LogP contribution in [0.1, 0.15) is 50.2 Å². The van der Waals surface area contributed by atoms with E-state index in [2.05, 4.69) is 9.88 Å². The van der Waals surface area contributed by atoms with Gasteiger partial charge in [-0.15, -0.1) is 0 Å². The molecule has 0 saturated carbocycles. The number of pyridine rings is 1. The lowest BCUT2D eigenvalue weighted by Crippen LogP contribution is -2.26. The summed E-state index contributed by atoms with van der Waals surface area (Å²) in [7, 11) is 0. The quantitative estimate of drug-likeness (QED) is 0.894. The number of aromatic nitrogens is 1. The van der Waals surface area contributed by atoms with Crippen molar-refractivity contribution in [2.24, 2.45) is 5.92 Å². The maximum Gasteiger partial charge on any atom is 0.335 e. The number of hydrogen-bond acceptors (Lipinski definition) is 4. The van der Waals surface area contributed by atoms with Gasteiger partial charge >= 0.3 is 5.97 Å². The van der Waals surface area contributed by atoms with E-state index in [1.165, 1.54) is 0 Å². The third-order valence-electron chi connectivity index (χ3n) is 4.06. The van der Waals surface area contributed by atoms with Gasteiger partial charge in [-0.2, -0.15) is 0 Å². The maximum atomic E-state index is 11.3. The first-order valence-electron chi connectivity index (χ1n) is 7.37. The molecule has 1 saturated heterocycles. The summed E-state index contributed by atoms with van der Waals surface area (Å²) in [5, 5.41) is 19.0. The third-order valence-corrected chi connectivity index (χ3v) is 4.06. The highest BCUT2D eigenvalue weighted by atomic mass is 16.4. The largest absolute Gasteiger partial charge is 0.478 e. The number of aliphatic hydroxyl groups is 1. The number of anilines is 1. The second-order valence-electron chi connectivity index (χ2n) is 6.89. The number of carboxylic acids is 1. The van der Waals surface area contributed by atoms with Gasteiger partial charge in [0.15, 0.2) is 0 Å². The molecule has 0 amide bonds. The lowest BCUT2D eigenvalue weighted by molar-refractivity contribution is 0.0696. The van der Waals surface area contributed by atoms with Crippen LogP contribution in [0.2, 0.25) is 0 Å². The fourth-order valence-corrected chi connectivity index (χ4v) is 2.57. The van der Waals surface area contributed by atoms with Crippen molar-refractivity contribution < 1.29 is 15.0 Å². The van der Waals surface area contributed by atoms with Gasteiger partial charge in [0.1, 0.15) is 5.82 Å². The van der Waals surface area contributed by atoms with Crippen LogP contribution in [-0.4, -0.2) is 40.4 Å². The molecule has 2 atom stereocenters. The summed E-state index contributed by atoms with van der Waals surface area (Å²) in [4.78, 5) is 18.0. The first-order chi connectivity index (χ1) is 9.68. The van der Waals surface area contributed by atoms with Crippen LogP contribution in [0, 0.1) is 5.92 Å². The van der Waals surface area contributed by atoms with E-state index in [-0.39, 0.29) is 23.0 Å². The van der Waals surface area contributed by atoms with Crippen molar-refractivity contribution in [2.45, 2.75) is 45.6 Å². The predicted molar refractivity (Wildman–Crippen MR) is 81.9 cm³/mol. The van der Waals surface area contributed by atoms with Gasteiger partial charge in [-0.25, -0.2) is 9.78 Å². The third kappa shape index (κ3) is 3.53. The topological polar surface area (TPSA) is 73.7 Å². The summed E-state index contributed by atoms with van der Waals surface area (Å²) in [6.45, 7) is 9.39. The Hall–Kier alpha value is -1.62. The molecule has 0 spiro atoms. The van der Waals surface area contributed by atoms with Crippen LogP contribution in [0.5, 0.6) is 0 Å². The molecule has 5 nitrogen and oxygen atoms in total. The molecule has 1 fully saturated rings. The molecule has 1 aliphatic rings. The van der Waals surface area contributed by atoms with Gasteiger partial charge in [0.2, 0.25) is 0 Å². The minimum absolute atomic E-state index is 0.205. The molecule has 2 unspecified atom stereocenters. The van der Waals surface area contributed by atoms with E-state index < -0.39 is 5.97 Å². The average Bonchev–Trinajstić information content (AvgIpc) is 2.86. The number of carboxylic acid groups (broad SMARTS) is 1. The summed E-state index contributed by atoms with van der Waals surface area (Å²) in [6, 6.07) is 3.27. The molecular formula is C16H24N2O3. The molecule has 2 heterocycles. The number of nitrogens with zero attached hydrogens (tertiary/aromatic N) is 2. The Kier molecular flexibility index (Phi) is 4.23. The Morgan fingerprint density at radius 2 is 2.10 bits per heavy atom. The van der Waals surface area contributed by atoms with Crippen molar-refractivity contribution in [2.75, 3.05) is 18.0 Å². The molecule has 21 heavy (non-hydrogen) atoms. The zero-order valence-electron chi connectivity index (χ0n) is 13.1. The number of carbonyl (C=O) groups is 1. The molecule has 1 aromatic rings. The predicted octanol–water partition coefficient (Wildman–Crippen LogP) is 2.28. The van der Waals surface area contributed by atoms with Crippen LogP contribution in [-0.2, 0) is 5.41 Å². The highest BCUT2D eigenvalue weighted by Gasteiger charge is 2.28. The van der Waals surface area contributed by atoms with E-state index in [1.807, 2.05) is 20.8 Å². The minimum Gasteiger partial charge on any atom is -0.478 e.